The third-order valence-corrected chi connectivity index (χ3v) is 2.65. The van der Waals surface area contributed by atoms with Crippen LogP contribution in [0.2, 0.25) is 5.02 Å². The van der Waals surface area contributed by atoms with Crippen LogP contribution in [0, 0.1) is 0 Å². The Morgan fingerprint density at radius 1 is 1.43 bits per heavy atom. The number of benzene rings is 1. The van der Waals surface area contributed by atoms with Gasteiger partial charge < -0.3 is 16.6 Å². The van der Waals surface area contributed by atoms with E-state index in [-0.39, 0.29) is 60.8 Å². The molecule has 0 aromatic heterocycles. The van der Waals surface area contributed by atoms with Crippen molar-refractivity contribution in [3.63, 3.8) is 0 Å². The molecule has 0 bridgehead atoms. The number of phenols is 1. The van der Waals surface area contributed by atoms with Gasteiger partial charge in [-0.05, 0) is 38.5 Å². The molecule has 0 fully saturated rings. The summed E-state index contributed by atoms with van der Waals surface area (Å²) in [4.78, 5) is 23.0. The second-order valence-corrected chi connectivity index (χ2v) is 5.00. The maximum absolute atomic E-state index is 11.8. The number of carbonyl (C=O) groups is 2. The van der Waals surface area contributed by atoms with Crippen LogP contribution in [-0.4, -0.2) is 29.6 Å². The average molecular weight is 324 g/mol. The van der Waals surface area contributed by atoms with Crippen molar-refractivity contribution in [3.05, 3.63) is 28.8 Å². The van der Waals surface area contributed by atoms with E-state index in [1.54, 1.807) is 13.8 Å². The normalized spacial score (nSPS) is 9.90. The van der Waals surface area contributed by atoms with E-state index in [0.717, 1.165) is 0 Å². The van der Waals surface area contributed by atoms with Crippen LogP contribution < -0.4 is 34.9 Å². The van der Waals surface area contributed by atoms with E-state index >= 15 is 0 Å². The van der Waals surface area contributed by atoms with E-state index < -0.39 is 5.91 Å². The first-order valence-corrected chi connectivity index (χ1v) is 6.74. The molecule has 2 N–H and O–H groups in total. The molecule has 0 saturated heterocycles. The van der Waals surface area contributed by atoms with Crippen molar-refractivity contribution in [1.29, 1.82) is 0 Å². The van der Waals surface area contributed by atoms with Crippen LogP contribution in [0.4, 0.5) is 0 Å². The molecule has 0 aliphatic rings. The molecular weight excluding hydrogens is 305 g/mol. The molecule has 1 aromatic rings. The quantitative estimate of drug-likeness (QED) is 0.425. The Bertz CT molecular complexity index is 500. The van der Waals surface area contributed by atoms with Gasteiger partial charge >= 0.3 is 35.5 Å². The zero-order valence-electron chi connectivity index (χ0n) is 13.5. The summed E-state index contributed by atoms with van der Waals surface area (Å²) in [6.07, 6.45) is 0.583. The van der Waals surface area contributed by atoms with Gasteiger partial charge in [-0.15, -0.1) is 0 Å². The molecule has 0 unspecified atom stereocenters. The summed E-state index contributed by atoms with van der Waals surface area (Å²) in [6, 6.07) is 4.27. The second kappa shape index (κ2) is 10.1. The number of nitrogens with one attached hydrogen (secondary N) is 1. The molecule has 0 heterocycles. The minimum atomic E-state index is -0.406. The Hall–Kier alpha value is -0.750. The first-order valence-electron chi connectivity index (χ1n) is 6.36. The molecule has 0 aliphatic heterocycles. The van der Waals surface area contributed by atoms with Gasteiger partial charge in [0.1, 0.15) is 5.75 Å². The summed E-state index contributed by atoms with van der Waals surface area (Å²) in [6.45, 7) is 3.89. The molecule has 7 heteroatoms. The van der Waals surface area contributed by atoms with Gasteiger partial charge in [-0.2, -0.15) is 0 Å². The van der Waals surface area contributed by atoms with Gasteiger partial charge in [0, 0.05) is 18.0 Å². The Kier molecular flexibility index (Phi) is 9.70. The minimum absolute atomic E-state index is 0. The van der Waals surface area contributed by atoms with Crippen molar-refractivity contribution in [2.75, 3.05) is 6.54 Å². The smallest absolute Gasteiger partial charge is 1.00 e. The fraction of sp³-hybridized carbons (Fsp3) is 0.429. The number of ether oxygens (including phenoxy) is 1. The van der Waals surface area contributed by atoms with Crippen molar-refractivity contribution in [3.8, 4) is 5.75 Å². The van der Waals surface area contributed by atoms with E-state index in [4.69, 9.17) is 16.3 Å². The Morgan fingerprint density at radius 3 is 2.67 bits per heavy atom. The zero-order valence-corrected chi connectivity index (χ0v) is 15.2. The van der Waals surface area contributed by atoms with Crippen LogP contribution in [-0.2, 0) is 9.53 Å². The fourth-order valence-electron chi connectivity index (χ4n) is 1.55. The SMILES string of the molecule is CC(C)OC(=O)CCCNC(=O)c1ccc(Cl)cc1O.[H-].[Na+]. The van der Waals surface area contributed by atoms with Crippen LogP contribution in [0.1, 0.15) is 38.5 Å². The number of rotatable bonds is 6. The van der Waals surface area contributed by atoms with E-state index in [9.17, 15) is 14.7 Å². The van der Waals surface area contributed by atoms with E-state index in [0.29, 0.717) is 18.0 Å². The third kappa shape index (κ3) is 7.71. The number of hydrogen-bond donors (Lipinski definition) is 2. The number of aromatic hydroxyl groups is 1. The molecule has 112 valence electrons. The summed E-state index contributed by atoms with van der Waals surface area (Å²) in [5.74, 6) is -0.866. The molecule has 0 atom stereocenters. The number of esters is 1. The Labute approximate surface area is 152 Å². The van der Waals surface area contributed by atoms with Crippen molar-refractivity contribution >= 4 is 23.5 Å². The number of amides is 1. The predicted octanol–water partition coefficient (Wildman–Crippen LogP) is -0.376. The maximum Gasteiger partial charge on any atom is 1.00 e. The number of phenolic OH excluding ortho intramolecular Hbond substituents is 1. The molecule has 0 aliphatic carbocycles. The van der Waals surface area contributed by atoms with Crippen LogP contribution in [0.5, 0.6) is 5.75 Å². The molecule has 1 aromatic carbocycles. The summed E-state index contributed by atoms with van der Waals surface area (Å²) < 4.78 is 4.97. The Balaban J connectivity index is 0. The average Bonchev–Trinajstić information content (AvgIpc) is 2.33. The first kappa shape index (κ1) is 20.2. The van der Waals surface area contributed by atoms with Gasteiger partial charge in [0.2, 0.25) is 0 Å². The third-order valence-electron chi connectivity index (χ3n) is 2.41. The molecule has 5 nitrogen and oxygen atoms in total. The van der Waals surface area contributed by atoms with E-state index in [1.807, 2.05) is 0 Å². The Morgan fingerprint density at radius 2 is 2.10 bits per heavy atom. The molecular formula is C14H19ClNNaO4. The van der Waals surface area contributed by atoms with Gasteiger partial charge in [-0.3, -0.25) is 9.59 Å². The molecule has 0 radical (unpaired) electrons. The van der Waals surface area contributed by atoms with Crippen molar-refractivity contribution in [2.24, 2.45) is 0 Å². The van der Waals surface area contributed by atoms with Gasteiger partial charge in [0.05, 0.1) is 11.7 Å². The molecule has 21 heavy (non-hydrogen) atoms. The predicted molar refractivity (Wildman–Crippen MR) is 77.0 cm³/mol. The van der Waals surface area contributed by atoms with Gasteiger partial charge in [-0.25, -0.2) is 0 Å². The van der Waals surface area contributed by atoms with Crippen LogP contribution in [0.3, 0.4) is 0 Å². The van der Waals surface area contributed by atoms with E-state index in [2.05, 4.69) is 5.32 Å². The number of halogens is 1. The number of hydrogen-bond acceptors (Lipinski definition) is 4. The molecule has 0 saturated carbocycles. The minimum Gasteiger partial charge on any atom is -1.00 e. The van der Waals surface area contributed by atoms with Crippen molar-refractivity contribution < 1.29 is 50.4 Å². The van der Waals surface area contributed by atoms with Crippen LogP contribution >= 0.6 is 11.6 Å². The second-order valence-electron chi connectivity index (χ2n) is 4.56. The summed E-state index contributed by atoms with van der Waals surface area (Å²) in [5, 5.41) is 12.6. The van der Waals surface area contributed by atoms with Gasteiger partial charge in [-0.1, -0.05) is 11.6 Å². The van der Waals surface area contributed by atoms with Gasteiger partial charge in [0.15, 0.2) is 0 Å². The maximum atomic E-state index is 11.8. The summed E-state index contributed by atoms with van der Waals surface area (Å²) in [7, 11) is 0. The molecule has 0 spiro atoms. The molecule has 1 rings (SSSR count). The number of carbonyl (C=O) groups excluding carboxylic acids is 2. The standard InChI is InChI=1S/C14H18ClNO4.Na.H/c1-9(2)20-13(18)4-3-7-16-14(19)11-6-5-10(15)8-12(11)17;;/h5-6,8-9,17H,3-4,7H2,1-2H3,(H,16,19);;/q;+1;-1. The zero-order chi connectivity index (χ0) is 15.1. The van der Waals surface area contributed by atoms with Crippen molar-refractivity contribution in [1.82, 2.24) is 5.32 Å². The van der Waals surface area contributed by atoms with E-state index in [1.165, 1.54) is 18.2 Å². The summed E-state index contributed by atoms with van der Waals surface area (Å²) >= 11 is 5.68. The van der Waals surface area contributed by atoms with Crippen LogP contribution in [0.15, 0.2) is 18.2 Å². The largest absolute Gasteiger partial charge is 1.00 e. The monoisotopic (exact) mass is 323 g/mol. The summed E-state index contributed by atoms with van der Waals surface area (Å²) in [5.41, 5.74) is 0.152. The van der Waals surface area contributed by atoms with Crippen molar-refractivity contribution in [2.45, 2.75) is 32.8 Å². The molecule has 1 amide bonds. The van der Waals surface area contributed by atoms with Gasteiger partial charge in [0.25, 0.3) is 5.91 Å². The fourth-order valence-corrected chi connectivity index (χ4v) is 1.71. The van der Waals surface area contributed by atoms with Crippen LogP contribution in [0.25, 0.3) is 0 Å². The first-order chi connectivity index (χ1) is 9.40. The topological polar surface area (TPSA) is 75.6 Å².